The maximum atomic E-state index is 12.4. The zero-order valence-corrected chi connectivity index (χ0v) is 17.1. The van der Waals surface area contributed by atoms with E-state index in [2.05, 4.69) is 10.9 Å². The topological polar surface area (TPSA) is 79.9 Å². The average molecular weight is 469 g/mol. The number of ether oxygens (including phenoxy) is 2. The standard InChI is InChI=1S/C18H20IN3O4/c1-22(2)12-7-5-6-11(8-12)17(23)20-21-18(24)13-9-15(25-3)16(26-4)10-14(13)19/h5-10H,1-4H3,(H,20,23)(H,21,24). The number of hydrogen-bond acceptors (Lipinski definition) is 5. The number of amides is 2. The lowest BCUT2D eigenvalue weighted by Crippen LogP contribution is -2.42. The number of hydrazine groups is 1. The third kappa shape index (κ3) is 4.57. The molecule has 26 heavy (non-hydrogen) atoms. The predicted molar refractivity (Wildman–Crippen MR) is 108 cm³/mol. The fourth-order valence-electron chi connectivity index (χ4n) is 2.21. The van der Waals surface area contributed by atoms with Crippen LogP contribution in [0, 0.1) is 3.57 Å². The number of hydrogen-bond donors (Lipinski definition) is 2. The van der Waals surface area contributed by atoms with Crippen LogP contribution in [0.3, 0.4) is 0 Å². The maximum absolute atomic E-state index is 12.4. The molecule has 8 heteroatoms. The first kappa shape index (κ1) is 19.8. The van der Waals surface area contributed by atoms with Gasteiger partial charge in [0.2, 0.25) is 0 Å². The van der Waals surface area contributed by atoms with E-state index in [9.17, 15) is 9.59 Å². The minimum Gasteiger partial charge on any atom is -0.493 e. The molecule has 0 heterocycles. The first-order valence-electron chi connectivity index (χ1n) is 7.67. The van der Waals surface area contributed by atoms with E-state index in [1.54, 1.807) is 30.3 Å². The van der Waals surface area contributed by atoms with Crippen LogP contribution in [0.2, 0.25) is 0 Å². The fourth-order valence-corrected chi connectivity index (χ4v) is 2.89. The van der Waals surface area contributed by atoms with E-state index in [-0.39, 0.29) is 0 Å². The van der Waals surface area contributed by atoms with Crippen molar-refractivity contribution < 1.29 is 19.1 Å². The van der Waals surface area contributed by atoms with Gasteiger partial charge in [-0.2, -0.15) is 0 Å². The van der Waals surface area contributed by atoms with E-state index in [4.69, 9.17) is 9.47 Å². The molecule has 0 fully saturated rings. The lowest BCUT2D eigenvalue weighted by atomic mass is 10.2. The Morgan fingerprint density at radius 3 is 2.19 bits per heavy atom. The van der Waals surface area contributed by atoms with Crippen LogP contribution in [0.1, 0.15) is 20.7 Å². The number of halogens is 1. The number of methoxy groups -OCH3 is 2. The van der Waals surface area contributed by atoms with Gasteiger partial charge in [0, 0.05) is 28.9 Å². The Labute approximate surface area is 165 Å². The summed E-state index contributed by atoms with van der Waals surface area (Å²) in [5.41, 5.74) is 6.54. The number of anilines is 1. The third-order valence-electron chi connectivity index (χ3n) is 3.63. The summed E-state index contributed by atoms with van der Waals surface area (Å²) in [4.78, 5) is 26.6. The Morgan fingerprint density at radius 1 is 0.962 bits per heavy atom. The molecule has 0 aliphatic rings. The summed E-state index contributed by atoms with van der Waals surface area (Å²) >= 11 is 2.02. The molecule has 0 atom stereocenters. The van der Waals surface area contributed by atoms with Crippen molar-refractivity contribution >= 4 is 40.1 Å². The lowest BCUT2D eigenvalue weighted by molar-refractivity contribution is 0.0846. The summed E-state index contributed by atoms with van der Waals surface area (Å²) in [5, 5.41) is 0. The molecule has 0 unspecified atom stereocenters. The molecule has 2 aromatic rings. The van der Waals surface area contributed by atoms with Gasteiger partial charge in [0.1, 0.15) is 0 Å². The second-order valence-electron chi connectivity index (χ2n) is 5.54. The van der Waals surface area contributed by atoms with Gasteiger partial charge >= 0.3 is 0 Å². The van der Waals surface area contributed by atoms with Gasteiger partial charge in [0.05, 0.1) is 19.8 Å². The molecule has 0 aliphatic carbocycles. The van der Waals surface area contributed by atoms with Crippen molar-refractivity contribution in [3.05, 3.63) is 51.1 Å². The first-order chi connectivity index (χ1) is 12.4. The Hall–Kier alpha value is -2.49. The SMILES string of the molecule is COc1cc(I)c(C(=O)NNC(=O)c2cccc(N(C)C)c2)cc1OC. The largest absolute Gasteiger partial charge is 0.493 e. The normalized spacial score (nSPS) is 10.0. The Morgan fingerprint density at radius 2 is 1.58 bits per heavy atom. The molecule has 0 bridgehead atoms. The quantitative estimate of drug-likeness (QED) is 0.520. The summed E-state index contributed by atoms with van der Waals surface area (Å²) in [6.45, 7) is 0. The minimum atomic E-state index is -0.451. The molecule has 2 rings (SSSR count). The summed E-state index contributed by atoms with van der Waals surface area (Å²) < 4.78 is 11.1. The van der Waals surface area contributed by atoms with Gasteiger partial charge in [-0.05, 0) is 52.9 Å². The van der Waals surface area contributed by atoms with Crippen LogP contribution < -0.4 is 25.2 Å². The van der Waals surface area contributed by atoms with Crippen LogP contribution in [0.4, 0.5) is 5.69 Å². The van der Waals surface area contributed by atoms with Crippen molar-refractivity contribution in [3.63, 3.8) is 0 Å². The second-order valence-corrected chi connectivity index (χ2v) is 6.70. The molecule has 0 aliphatic heterocycles. The number of carbonyl (C=O) groups excluding carboxylic acids is 2. The van der Waals surface area contributed by atoms with Gasteiger partial charge < -0.3 is 14.4 Å². The highest BCUT2D eigenvalue weighted by atomic mass is 127. The number of carbonyl (C=O) groups is 2. The van der Waals surface area contributed by atoms with Crippen LogP contribution in [0.15, 0.2) is 36.4 Å². The molecule has 2 aromatic carbocycles. The number of rotatable bonds is 5. The molecule has 0 aromatic heterocycles. The average Bonchev–Trinajstić information content (AvgIpc) is 2.65. The molecule has 0 saturated heterocycles. The smallest absolute Gasteiger partial charge is 0.270 e. The van der Waals surface area contributed by atoms with Crippen molar-refractivity contribution in [1.29, 1.82) is 0 Å². The molecule has 0 spiro atoms. The number of benzene rings is 2. The van der Waals surface area contributed by atoms with Gasteiger partial charge in [-0.25, -0.2) is 0 Å². The first-order valence-corrected chi connectivity index (χ1v) is 8.74. The molecule has 0 radical (unpaired) electrons. The van der Waals surface area contributed by atoms with Gasteiger partial charge in [-0.3, -0.25) is 20.4 Å². The van der Waals surface area contributed by atoms with Gasteiger partial charge in [0.15, 0.2) is 11.5 Å². The Balaban J connectivity index is 2.11. The van der Waals surface area contributed by atoms with Crippen LogP contribution >= 0.6 is 22.6 Å². The van der Waals surface area contributed by atoms with E-state index < -0.39 is 11.8 Å². The predicted octanol–water partition coefficient (Wildman–Crippen LogP) is 2.45. The van der Waals surface area contributed by atoms with Crippen LogP contribution in [0.5, 0.6) is 11.5 Å². The van der Waals surface area contributed by atoms with E-state index in [1.165, 1.54) is 14.2 Å². The van der Waals surface area contributed by atoms with Crippen molar-refractivity contribution in [2.24, 2.45) is 0 Å². The highest BCUT2D eigenvalue weighted by Crippen LogP contribution is 2.31. The Bertz CT molecular complexity index is 824. The van der Waals surface area contributed by atoms with Crippen molar-refractivity contribution in [3.8, 4) is 11.5 Å². The summed E-state index contributed by atoms with van der Waals surface area (Å²) in [6, 6.07) is 10.3. The zero-order valence-electron chi connectivity index (χ0n) is 14.9. The molecule has 2 N–H and O–H groups in total. The number of nitrogens with zero attached hydrogens (tertiary/aromatic N) is 1. The van der Waals surface area contributed by atoms with Crippen LogP contribution in [-0.2, 0) is 0 Å². The molecule has 7 nitrogen and oxygen atoms in total. The molecular weight excluding hydrogens is 449 g/mol. The van der Waals surface area contributed by atoms with Gasteiger partial charge in [-0.1, -0.05) is 6.07 Å². The van der Waals surface area contributed by atoms with Crippen LogP contribution in [0.25, 0.3) is 0 Å². The van der Waals surface area contributed by atoms with Crippen molar-refractivity contribution in [2.75, 3.05) is 33.2 Å². The van der Waals surface area contributed by atoms with E-state index in [0.29, 0.717) is 26.2 Å². The monoisotopic (exact) mass is 469 g/mol. The minimum absolute atomic E-state index is 0.366. The highest BCUT2D eigenvalue weighted by Gasteiger charge is 2.16. The lowest BCUT2D eigenvalue weighted by Gasteiger charge is -2.14. The van der Waals surface area contributed by atoms with Gasteiger partial charge in [-0.15, -0.1) is 0 Å². The second kappa shape index (κ2) is 8.75. The summed E-state index contributed by atoms with van der Waals surface area (Å²) in [7, 11) is 6.79. The summed E-state index contributed by atoms with van der Waals surface area (Å²) in [5.74, 6) is 0.103. The third-order valence-corrected chi connectivity index (χ3v) is 4.52. The maximum Gasteiger partial charge on any atom is 0.270 e. The van der Waals surface area contributed by atoms with E-state index in [1.807, 2.05) is 47.7 Å². The van der Waals surface area contributed by atoms with Crippen molar-refractivity contribution in [2.45, 2.75) is 0 Å². The summed E-state index contributed by atoms with van der Waals surface area (Å²) in [6.07, 6.45) is 0. The van der Waals surface area contributed by atoms with Crippen molar-refractivity contribution in [1.82, 2.24) is 10.9 Å². The molecule has 2 amide bonds. The fraction of sp³-hybridized carbons (Fsp3) is 0.222. The number of nitrogens with one attached hydrogen (secondary N) is 2. The van der Waals surface area contributed by atoms with E-state index in [0.717, 1.165) is 5.69 Å². The molecular formula is C18H20IN3O4. The highest BCUT2D eigenvalue weighted by molar-refractivity contribution is 14.1. The van der Waals surface area contributed by atoms with Crippen LogP contribution in [-0.4, -0.2) is 40.1 Å². The van der Waals surface area contributed by atoms with Gasteiger partial charge in [0.25, 0.3) is 11.8 Å². The zero-order chi connectivity index (χ0) is 19.3. The Kier molecular flexibility index (Phi) is 6.67. The molecule has 138 valence electrons. The molecule has 0 saturated carbocycles. The van der Waals surface area contributed by atoms with E-state index >= 15 is 0 Å².